The zero-order valence-corrected chi connectivity index (χ0v) is 24.0. The second kappa shape index (κ2) is 11.9. The summed E-state index contributed by atoms with van der Waals surface area (Å²) in [5.74, 6) is 0.517. The van der Waals surface area contributed by atoms with Crippen LogP contribution in [0.1, 0.15) is 63.4 Å². The van der Waals surface area contributed by atoms with Crippen molar-refractivity contribution in [2.45, 2.75) is 65.8 Å². The van der Waals surface area contributed by atoms with Gasteiger partial charge in [-0.15, -0.1) is 0 Å². The molecule has 1 unspecified atom stereocenters. The summed E-state index contributed by atoms with van der Waals surface area (Å²) in [6.07, 6.45) is 5.05. The minimum atomic E-state index is -1.07. The molecule has 212 valence electrons. The highest BCUT2D eigenvalue weighted by atomic mass is 16.3. The quantitative estimate of drug-likeness (QED) is 0.341. The zero-order valence-electron chi connectivity index (χ0n) is 24.0. The third-order valence-corrected chi connectivity index (χ3v) is 6.69. The molecule has 10 heteroatoms. The van der Waals surface area contributed by atoms with E-state index in [1.807, 2.05) is 56.3 Å². The Hall–Kier alpha value is -4.15. The molecule has 0 radical (unpaired) electrons. The minimum absolute atomic E-state index is 0.203. The summed E-state index contributed by atoms with van der Waals surface area (Å²) in [4.78, 5) is 26.7. The van der Waals surface area contributed by atoms with Crippen molar-refractivity contribution in [1.82, 2.24) is 25.1 Å². The first-order valence-electron chi connectivity index (χ1n) is 13.6. The first-order valence-corrected chi connectivity index (χ1v) is 13.6. The lowest BCUT2D eigenvalue weighted by molar-refractivity contribution is -0.0521. The highest BCUT2D eigenvalue weighted by molar-refractivity contribution is 6.01. The molecule has 40 heavy (non-hydrogen) atoms. The highest BCUT2D eigenvalue weighted by Gasteiger charge is 2.33. The summed E-state index contributed by atoms with van der Waals surface area (Å²) >= 11 is 0. The molecular formula is C30H39N7O3. The van der Waals surface area contributed by atoms with E-state index in [-0.39, 0.29) is 24.0 Å². The van der Waals surface area contributed by atoms with Gasteiger partial charge in [-0.25, -0.2) is 14.3 Å². The van der Waals surface area contributed by atoms with Crippen molar-refractivity contribution in [3.63, 3.8) is 0 Å². The summed E-state index contributed by atoms with van der Waals surface area (Å²) in [5, 5.41) is 22.4. The van der Waals surface area contributed by atoms with Crippen LogP contribution >= 0.6 is 0 Å². The van der Waals surface area contributed by atoms with Gasteiger partial charge >= 0.3 is 12.1 Å². The second-order valence-electron chi connectivity index (χ2n) is 10.6. The van der Waals surface area contributed by atoms with Crippen molar-refractivity contribution in [3.05, 3.63) is 77.0 Å². The summed E-state index contributed by atoms with van der Waals surface area (Å²) < 4.78 is 1.69. The Bertz CT molecular complexity index is 1410. The van der Waals surface area contributed by atoms with E-state index < -0.39 is 6.35 Å². The van der Waals surface area contributed by atoms with Crippen LogP contribution < -0.4 is 16.1 Å². The maximum atomic E-state index is 13.1. The Morgan fingerprint density at radius 1 is 1.12 bits per heavy atom. The summed E-state index contributed by atoms with van der Waals surface area (Å²) in [7, 11) is 1.60. The van der Waals surface area contributed by atoms with E-state index in [0.29, 0.717) is 5.82 Å². The van der Waals surface area contributed by atoms with E-state index in [1.165, 1.54) is 15.5 Å². The number of anilines is 2. The third kappa shape index (κ3) is 6.19. The summed E-state index contributed by atoms with van der Waals surface area (Å²) in [6, 6.07) is 14.6. The van der Waals surface area contributed by atoms with Gasteiger partial charge in [0.1, 0.15) is 5.82 Å². The van der Waals surface area contributed by atoms with Crippen molar-refractivity contribution >= 4 is 29.6 Å². The van der Waals surface area contributed by atoms with E-state index in [1.54, 1.807) is 11.7 Å². The number of hydrogen-bond acceptors (Lipinski definition) is 5. The molecule has 1 aliphatic carbocycles. The Labute approximate surface area is 235 Å². The van der Waals surface area contributed by atoms with Crippen molar-refractivity contribution in [1.29, 1.82) is 0 Å². The van der Waals surface area contributed by atoms with Crippen molar-refractivity contribution < 1.29 is 14.7 Å². The molecule has 1 fully saturated rings. The molecule has 10 nitrogen and oxygen atoms in total. The van der Waals surface area contributed by atoms with E-state index >= 15 is 0 Å². The molecule has 1 aliphatic heterocycles. The van der Waals surface area contributed by atoms with Gasteiger partial charge in [-0.3, -0.25) is 15.6 Å². The monoisotopic (exact) mass is 545 g/mol. The van der Waals surface area contributed by atoms with Gasteiger partial charge in [0.25, 0.3) is 0 Å². The van der Waals surface area contributed by atoms with E-state index in [9.17, 15) is 14.7 Å². The number of hydrazine groups is 1. The number of carbonyl (C=O) groups is 2. The van der Waals surface area contributed by atoms with Gasteiger partial charge in [-0.2, -0.15) is 10.1 Å². The van der Waals surface area contributed by atoms with Crippen molar-refractivity contribution in [3.8, 4) is 5.69 Å². The molecule has 1 atom stereocenters. The summed E-state index contributed by atoms with van der Waals surface area (Å²) in [5.41, 5.74) is 7.66. The molecule has 2 aromatic carbocycles. The Morgan fingerprint density at radius 2 is 1.88 bits per heavy atom. The number of benzene rings is 2. The molecule has 1 saturated heterocycles. The van der Waals surface area contributed by atoms with Gasteiger partial charge in [-0.05, 0) is 42.2 Å². The molecule has 4 amide bonds. The fourth-order valence-corrected chi connectivity index (χ4v) is 4.60. The largest absolute Gasteiger partial charge is 0.359 e. The smallest absolute Gasteiger partial charge is 0.335 e. The number of aryl methyl sites for hydroxylation is 1. The molecule has 0 spiro atoms. The van der Waals surface area contributed by atoms with E-state index in [4.69, 9.17) is 5.10 Å². The van der Waals surface area contributed by atoms with Crippen LogP contribution in [0.4, 0.5) is 21.1 Å². The molecule has 5 rings (SSSR count). The number of aliphatic hydroxyl groups excluding tert-OH is 1. The number of aromatic nitrogens is 2. The normalized spacial score (nSPS) is 16.6. The number of allylic oxidation sites excluding steroid dienone is 1. The van der Waals surface area contributed by atoms with Gasteiger partial charge in [0.2, 0.25) is 6.35 Å². The van der Waals surface area contributed by atoms with Crippen LogP contribution in [-0.4, -0.2) is 50.3 Å². The second-order valence-corrected chi connectivity index (χ2v) is 10.6. The lowest BCUT2D eigenvalue weighted by Crippen LogP contribution is -2.37. The first-order chi connectivity index (χ1) is 19.1. The van der Waals surface area contributed by atoms with Gasteiger partial charge in [0.05, 0.1) is 17.9 Å². The van der Waals surface area contributed by atoms with Crippen molar-refractivity contribution in [2.24, 2.45) is 0 Å². The fraction of sp³-hybridized carbons (Fsp3) is 0.367. The Balaban J connectivity index is 0.00000181. The molecule has 4 N–H and O–H groups in total. The number of nitrogens with one attached hydrogen (secondary N) is 3. The van der Waals surface area contributed by atoms with Gasteiger partial charge in [-0.1, -0.05) is 71.0 Å². The number of rotatable bonds is 5. The fourth-order valence-electron chi connectivity index (χ4n) is 4.60. The number of hydrogen-bond donors (Lipinski definition) is 4. The maximum absolute atomic E-state index is 13.1. The number of urea groups is 2. The predicted octanol–water partition coefficient (Wildman–Crippen LogP) is 5.45. The van der Waals surface area contributed by atoms with Crippen LogP contribution in [0.5, 0.6) is 0 Å². The standard InChI is InChI=1S/C28H33N7O3.C2H6/c1-28(2,3)23-16-24(30-25(36)29-22-14-8-11-19-10-5-6-13-21(19)22)35(31-23)20-12-7-9-18(15-20)17-34-26(37)32-33(4)27(34)38;1-2/h6-9,11-16,27,38H,5,10,17H2,1-4H3,(H,32,37)(H2,29,30,36);1-2H3. The van der Waals surface area contributed by atoms with Gasteiger partial charge < -0.3 is 10.4 Å². The molecule has 2 aliphatic rings. The lowest BCUT2D eigenvalue weighted by atomic mass is 9.92. The molecule has 0 saturated carbocycles. The average Bonchev–Trinajstić information content (AvgIpc) is 3.46. The number of carbonyl (C=O) groups excluding carboxylic acids is 2. The molecule has 1 aromatic heterocycles. The van der Waals surface area contributed by atoms with Crippen LogP contribution in [0.25, 0.3) is 11.8 Å². The molecular weight excluding hydrogens is 506 g/mol. The van der Waals surface area contributed by atoms with Crippen LogP contribution in [0.3, 0.4) is 0 Å². The lowest BCUT2D eigenvalue weighted by Gasteiger charge is -2.21. The van der Waals surface area contributed by atoms with Crippen molar-refractivity contribution in [2.75, 3.05) is 17.7 Å². The Morgan fingerprint density at radius 3 is 2.58 bits per heavy atom. The average molecular weight is 546 g/mol. The predicted molar refractivity (Wildman–Crippen MR) is 158 cm³/mol. The van der Waals surface area contributed by atoms with Gasteiger partial charge in [0.15, 0.2) is 0 Å². The molecule has 2 heterocycles. The topological polar surface area (TPSA) is 115 Å². The highest BCUT2D eigenvalue weighted by Crippen LogP contribution is 2.29. The van der Waals surface area contributed by atoms with Crippen LogP contribution in [0.2, 0.25) is 0 Å². The Kier molecular flexibility index (Phi) is 8.61. The van der Waals surface area contributed by atoms with Crippen LogP contribution in [0.15, 0.2) is 54.6 Å². The maximum Gasteiger partial charge on any atom is 0.335 e. The zero-order chi connectivity index (χ0) is 29.0. The SMILES string of the molecule is CC.CN1NC(=O)N(Cc2cccc(-n3nc(C(C)(C)C)cc3NC(=O)Nc3cccc4c3C=CCC4)c2)C1O. The number of fused-ring (bicyclic) bond motifs is 1. The number of amides is 4. The minimum Gasteiger partial charge on any atom is -0.359 e. The molecule has 3 aromatic rings. The van der Waals surface area contributed by atoms with Crippen LogP contribution in [0, 0.1) is 0 Å². The summed E-state index contributed by atoms with van der Waals surface area (Å²) in [6.45, 7) is 10.4. The third-order valence-electron chi connectivity index (χ3n) is 6.69. The number of nitrogens with zero attached hydrogens (tertiary/aromatic N) is 4. The van der Waals surface area contributed by atoms with Gasteiger partial charge in [0, 0.05) is 29.8 Å². The molecule has 0 bridgehead atoms. The van der Waals surface area contributed by atoms with E-state index in [2.05, 4.69) is 55.0 Å². The number of aliphatic hydroxyl groups is 1. The van der Waals surface area contributed by atoms with Crippen LogP contribution in [-0.2, 0) is 18.4 Å². The first kappa shape index (κ1) is 28.8. The van der Waals surface area contributed by atoms with E-state index in [0.717, 1.165) is 41.0 Å².